The largest absolute Gasteiger partial charge is 0.488 e. The highest BCUT2D eigenvalue weighted by atomic mass is 32.2. The van der Waals surface area contributed by atoms with Crippen LogP contribution in [0, 0.1) is 0 Å². The highest BCUT2D eigenvalue weighted by Gasteiger charge is 2.24. The lowest BCUT2D eigenvalue weighted by atomic mass is 9.98. The van der Waals surface area contributed by atoms with Crippen LogP contribution >= 0.6 is 0 Å². The average molecular weight is 641 g/mol. The van der Waals surface area contributed by atoms with Crippen LogP contribution in [0.1, 0.15) is 74.5 Å². The van der Waals surface area contributed by atoms with Gasteiger partial charge < -0.3 is 9.47 Å². The SMILES string of the molecule is C=C/C(=C\C=C(/C)Oc1ccc(C(=O)c2ccc(C(C)C)c(S(=O)(=O)O)c2)cc1S(=O)(=O)O)c1ccc(OC(C)(C)C)cc1. The Morgan fingerprint density at radius 3 is 1.84 bits per heavy atom. The molecule has 0 fully saturated rings. The fourth-order valence-electron chi connectivity index (χ4n) is 4.24. The Bertz CT molecular complexity index is 1840. The van der Waals surface area contributed by atoms with E-state index in [9.17, 15) is 30.7 Å². The molecule has 0 radical (unpaired) electrons. The van der Waals surface area contributed by atoms with E-state index in [1.807, 2.05) is 45.0 Å². The lowest BCUT2D eigenvalue weighted by Crippen LogP contribution is -2.22. The first kappa shape index (κ1) is 34.5. The zero-order chi connectivity index (χ0) is 33.0. The molecule has 0 atom stereocenters. The molecule has 0 unspecified atom stereocenters. The van der Waals surface area contributed by atoms with Gasteiger partial charge in [0.15, 0.2) is 5.78 Å². The van der Waals surface area contributed by atoms with Gasteiger partial charge in [-0.15, -0.1) is 0 Å². The molecule has 0 amide bonds. The molecule has 0 aliphatic heterocycles. The summed E-state index contributed by atoms with van der Waals surface area (Å²) in [6.07, 6.45) is 4.96. The van der Waals surface area contributed by atoms with E-state index < -0.39 is 35.8 Å². The molecule has 2 N–H and O–H groups in total. The predicted octanol–water partition coefficient (Wildman–Crippen LogP) is 7.26. The minimum absolute atomic E-state index is 0.104. The standard InChI is InChI=1S/C33H36O9S2/c1-8-23(24-11-15-27(16-12-24)42-33(5,6)7)10-9-22(4)41-29-18-14-26(20-31(29)44(38,39)40)32(34)25-13-17-28(21(2)3)30(19-25)43(35,36)37/h8-21H,1H2,2-7H3,(H,35,36,37)(H,38,39,40)/b22-9+,23-10+. The second kappa shape index (κ2) is 13.3. The van der Waals surface area contributed by atoms with E-state index in [2.05, 4.69) is 6.58 Å². The smallest absolute Gasteiger partial charge is 0.298 e. The molecule has 3 rings (SSSR count). The quantitative estimate of drug-likeness (QED) is 0.0957. The fourth-order valence-corrected chi connectivity index (χ4v) is 5.76. The molecule has 0 aromatic heterocycles. The summed E-state index contributed by atoms with van der Waals surface area (Å²) in [5.41, 5.74) is 1.32. The van der Waals surface area contributed by atoms with E-state index in [1.54, 1.807) is 39.0 Å². The number of ketones is 1. The number of hydrogen-bond acceptors (Lipinski definition) is 7. The van der Waals surface area contributed by atoms with Gasteiger partial charge in [-0.2, -0.15) is 16.8 Å². The van der Waals surface area contributed by atoms with Crippen molar-refractivity contribution < 1.29 is 40.2 Å². The minimum atomic E-state index is -4.85. The summed E-state index contributed by atoms with van der Waals surface area (Å²) in [6, 6.07) is 14.7. The maximum Gasteiger partial charge on any atom is 0.298 e. The van der Waals surface area contributed by atoms with Crippen LogP contribution in [0.5, 0.6) is 11.5 Å². The second-order valence-electron chi connectivity index (χ2n) is 11.3. The van der Waals surface area contributed by atoms with Crippen molar-refractivity contribution in [3.8, 4) is 11.5 Å². The van der Waals surface area contributed by atoms with Gasteiger partial charge in [0.25, 0.3) is 20.2 Å². The third-order valence-electron chi connectivity index (χ3n) is 6.26. The van der Waals surface area contributed by atoms with Crippen LogP contribution in [0.4, 0.5) is 0 Å². The van der Waals surface area contributed by atoms with Crippen LogP contribution in [-0.4, -0.2) is 37.3 Å². The zero-order valence-electron chi connectivity index (χ0n) is 25.4. The number of rotatable bonds is 11. The van der Waals surface area contributed by atoms with Gasteiger partial charge in [-0.1, -0.05) is 56.8 Å². The summed E-state index contributed by atoms with van der Waals surface area (Å²) in [5.74, 6) is -0.245. The summed E-state index contributed by atoms with van der Waals surface area (Å²) in [5, 5.41) is 0. The van der Waals surface area contributed by atoms with Crippen molar-refractivity contribution in [1.82, 2.24) is 0 Å². The minimum Gasteiger partial charge on any atom is -0.488 e. The van der Waals surface area contributed by atoms with Crippen LogP contribution in [0.25, 0.3) is 5.57 Å². The molecule has 3 aromatic carbocycles. The van der Waals surface area contributed by atoms with E-state index in [1.165, 1.54) is 24.3 Å². The number of carbonyl (C=O) groups excluding carboxylic acids is 1. The molecule has 11 heteroatoms. The number of hydrogen-bond donors (Lipinski definition) is 2. The number of carbonyl (C=O) groups is 1. The van der Waals surface area contributed by atoms with Crippen LogP contribution < -0.4 is 9.47 Å². The van der Waals surface area contributed by atoms with Crippen molar-refractivity contribution >= 4 is 31.6 Å². The van der Waals surface area contributed by atoms with Gasteiger partial charge in [0.1, 0.15) is 27.8 Å². The Morgan fingerprint density at radius 1 is 0.818 bits per heavy atom. The highest BCUT2D eigenvalue weighted by molar-refractivity contribution is 7.86. The van der Waals surface area contributed by atoms with Gasteiger partial charge in [0.05, 0.1) is 4.90 Å². The molecule has 0 aliphatic rings. The van der Waals surface area contributed by atoms with Crippen LogP contribution in [0.3, 0.4) is 0 Å². The van der Waals surface area contributed by atoms with E-state index >= 15 is 0 Å². The van der Waals surface area contributed by atoms with Crippen molar-refractivity contribution in [2.24, 2.45) is 0 Å². The van der Waals surface area contributed by atoms with Crippen molar-refractivity contribution in [1.29, 1.82) is 0 Å². The summed E-state index contributed by atoms with van der Waals surface area (Å²) >= 11 is 0. The van der Waals surface area contributed by atoms with Gasteiger partial charge in [-0.05, 0) is 92.8 Å². The summed E-state index contributed by atoms with van der Waals surface area (Å²) in [4.78, 5) is 12.1. The first-order valence-corrected chi connectivity index (χ1v) is 16.4. The molecule has 0 saturated carbocycles. The van der Waals surface area contributed by atoms with Crippen LogP contribution in [-0.2, 0) is 20.2 Å². The monoisotopic (exact) mass is 640 g/mol. The van der Waals surface area contributed by atoms with Crippen molar-refractivity contribution in [3.63, 3.8) is 0 Å². The van der Waals surface area contributed by atoms with Crippen LogP contribution in [0.15, 0.2) is 101 Å². The Balaban J connectivity index is 1.93. The van der Waals surface area contributed by atoms with Gasteiger partial charge in [-0.3, -0.25) is 13.9 Å². The molecule has 0 heterocycles. The third kappa shape index (κ3) is 8.99. The Morgan fingerprint density at radius 2 is 1.34 bits per heavy atom. The Labute approximate surface area is 259 Å². The second-order valence-corrected chi connectivity index (χ2v) is 14.1. The van der Waals surface area contributed by atoms with E-state index in [4.69, 9.17) is 9.47 Å². The fraction of sp³-hybridized carbons (Fsp3) is 0.242. The predicted molar refractivity (Wildman–Crippen MR) is 169 cm³/mol. The normalized spacial score (nSPS) is 13.1. The van der Waals surface area contributed by atoms with Gasteiger partial charge in [-0.25, -0.2) is 0 Å². The Hall–Kier alpha value is -4.03. The van der Waals surface area contributed by atoms with Gasteiger partial charge in [0, 0.05) is 11.1 Å². The maximum absolute atomic E-state index is 13.2. The first-order chi connectivity index (χ1) is 20.3. The molecule has 0 spiro atoms. The molecule has 0 aliphatic carbocycles. The molecule has 0 bridgehead atoms. The lowest BCUT2D eigenvalue weighted by Gasteiger charge is -2.21. The number of ether oxygens (including phenoxy) is 2. The van der Waals surface area contributed by atoms with Crippen LogP contribution in [0.2, 0.25) is 0 Å². The molecule has 3 aromatic rings. The molecule has 9 nitrogen and oxygen atoms in total. The Kier molecular flexibility index (Phi) is 10.4. The highest BCUT2D eigenvalue weighted by Crippen LogP contribution is 2.30. The molecule has 234 valence electrons. The molecule has 44 heavy (non-hydrogen) atoms. The summed E-state index contributed by atoms with van der Waals surface area (Å²) < 4.78 is 79.6. The molecule has 0 saturated heterocycles. The van der Waals surface area contributed by atoms with Crippen molar-refractivity contribution in [3.05, 3.63) is 113 Å². The van der Waals surface area contributed by atoms with E-state index in [-0.39, 0.29) is 34.2 Å². The number of benzene rings is 3. The van der Waals surface area contributed by atoms with Gasteiger partial charge in [0.2, 0.25) is 0 Å². The zero-order valence-corrected chi connectivity index (χ0v) is 27.0. The van der Waals surface area contributed by atoms with Crippen molar-refractivity contribution in [2.75, 3.05) is 0 Å². The first-order valence-electron chi connectivity index (χ1n) is 13.6. The topological polar surface area (TPSA) is 144 Å². The van der Waals surface area contributed by atoms with Gasteiger partial charge >= 0.3 is 0 Å². The van der Waals surface area contributed by atoms with E-state index in [0.717, 1.165) is 23.3 Å². The summed E-state index contributed by atoms with van der Waals surface area (Å²) in [6.45, 7) is 14.8. The lowest BCUT2D eigenvalue weighted by molar-refractivity contribution is 0.103. The molecular formula is C33H36O9S2. The molecular weight excluding hydrogens is 604 g/mol. The van der Waals surface area contributed by atoms with E-state index in [0.29, 0.717) is 11.3 Å². The summed E-state index contributed by atoms with van der Waals surface area (Å²) in [7, 11) is -9.49. The van der Waals surface area contributed by atoms with Crippen molar-refractivity contribution in [2.45, 2.75) is 62.9 Å². The third-order valence-corrected chi connectivity index (χ3v) is 8.04. The number of allylic oxidation sites excluding steroid dienone is 5. The maximum atomic E-state index is 13.2. The average Bonchev–Trinajstić information content (AvgIpc) is 2.91.